The molecule has 6 nitrogen and oxygen atoms in total. The fourth-order valence-electron chi connectivity index (χ4n) is 4.41. The van der Waals surface area contributed by atoms with Crippen molar-refractivity contribution in [1.29, 1.82) is 0 Å². The second-order valence-corrected chi connectivity index (χ2v) is 8.16. The van der Waals surface area contributed by atoms with Gasteiger partial charge >= 0.3 is 0 Å². The van der Waals surface area contributed by atoms with Crippen LogP contribution in [0.3, 0.4) is 0 Å². The Balaban J connectivity index is 1.23. The third kappa shape index (κ3) is 4.68. The first-order valence-corrected chi connectivity index (χ1v) is 10.1. The van der Waals surface area contributed by atoms with Gasteiger partial charge in [0.15, 0.2) is 0 Å². The third-order valence-electron chi connectivity index (χ3n) is 5.95. The highest BCUT2D eigenvalue weighted by molar-refractivity contribution is 6.30. The van der Waals surface area contributed by atoms with Gasteiger partial charge in [-0.25, -0.2) is 9.67 Å². The molecular formula is C20H26ClN5O. The van der Waals surface area contributed by atoms with Crippen molar-refractivity contribution < 1.29 is 4.79 Å². The van der Waals surface area contributed by atoms with Crippen molar-refractivity contribution in [2.45, 2.75) is 32.4 Å². The quantitative estimate of drug-likeness (QED) is 0.791. The zero-order valence-corrected chi connectivity index (χ0v) is 16.3. The summed E-state index contributed by atoms with van der Waals surface area (Å²) < 4.78 is 1.60. The van der Waals surface area contributed by atoms with Gasteiger partial charge in [0.1, 0.15) is 19.2 Å². The molecule has 0 radical (unpaired) electrons. The van der Waals surface area contributed by atoms with Crippen molar-refractivity contribution in [3.63, 3.8) is 0 Å². The van der Waals surface area contributed by atoms with E-state index >= 15 is 0 Å². The highest BCUT2D eigenvalue weighted by atomic mass is 35.5. The summed E-state index contributed by atoms with van der Waals surface area (Å²) in [5.41, 5.74) is 1.33. The lowest BCUT2D eigenvalue weighted by Gasteiger charge is -2.35. The average Bonchev–Trinajstić information content (AvgIpc) is 3.36. The van der Waals surface area contributed by atoms with E-state index < -0.39 is 0 Å². The lowest BCUT2D eigenvalue weighted by atomic mass is 9.84. The van der Waals surface area contributed by atoms with Gasteiger partial charge in [0.2, 0.25) is 5.91 Å². The Hall–Kier alpha value is -1.92. The Kier molecular flexibility index (Phi) is 5.74. The highest BCUT2D eigenvalue weighted by Crippen LogP contribution is 2.32. The maximum Gasteiger partial charge on any atom is 0.244 e. The fraction of sp³-hybridized carbons (Fsp3) is 0.550. The molecule has 1 unspecified atom stereocenters. The lowest BCUT2D eigenvalue weighted by molar-refractivity contribution is -0.133. The van der Waals surface area contributed by atoms with Crippen LogP contribution >= 0.6 is 11.6 Å². The SMILES string of the molecule is O=C(Cn1cncn1)N1CCC(C2CCN(Cc3ccc(Cl)cc3)C2)CC1. The average molecular weight is 388 g/mol. The van der Waals surface area contributed by atoms with Crippen LogP contribution in [0.1, 0.15) is 24.8 Å². The Labute approximate surface area is 165 Å². The molecule has 0 spiro atoms. The first-order chi connectivity index (χ1) is 13.2. The van der Waals surface area contributed by atoms with Crippen molar-refractivity contribution in [1.82, 2.24) is 24.6 Å². The molecule has 0 N–H and O–H groups in total. The van der Waals surface area contributed by atoms with Gasteiger partial charge in [-0.2, -0.15) is 5.10 Å². The van der Waals surface area contributed by atoms with E-state index in [-0.39, 0.29) is 5.91 Å². The zero-order valence-electron chi connectivity index (χ0n) is 15.5. The van der Waals surface area contributed by atoms with Crippen LogP contribution < -0.4 is 0 Å². The molecule has 0 aliphatic carbocycles. The van der Waals surface area contributed by atoms with Crippen LogP contribution in [0.4, 0.5) is 0 Å². The van der Waals surface area contributed by atoms with E-state index in [1.54, 1.807) is 11.0 Å². The molecule has 0 bridgehead atoms. The molecule has 4 rings (SSSR count). The fourth-order valence-corrected chi connectivity index (χ4v) is 4.54. The number of halogens is 1. The molecule has 2 fully saturated rings. The smallest absolute Gasteiger partial charge is 0.244 e. The van der Waals surface area contributed by atoms with Crippen LogP contribution in [-0.2, 0) is 17.9 Å². The normalized spacial score (nSPS) is 21.7. The Morgan fingerprint density at radius 1 is 1.07 bits per heavy atom. The van der Waals surface area contributed by atoms with E-state index in [4.69, 9.17) is 11.6 Å². The number of benzene rings is 1. The zero-order chi connectivity index (χ0) is 18.6. The number of nitrogens with zero attached hydrogens (tertiary/aromatic N) is 5. The Morgan fingerprint density at radius 3 is 2.52 bits per heavy atom. The summed E-state index contributed by atoms with van der Waals surface area (Å²) in [4.78, 5) is 20.8. The van der Waals surface area contributed by atoms with Gasteiger partial charge in [-0.05, 0) is 55.3 Å². The summed E-state index contributed by atoms with van der Waals surface area (Å²) in [6.45, 7) is 5.36. The molecule has 7 heteroatoms. The molecule has 1 aromatic carbocycles. The maximum absolute atomic E-state index is 12.4. The number of hydrogen-bond acceptors (Lipinski definition) is 4. The minimum Gasteiger partial charge on any atom is -0.341 e. The molecule has 2 saturated heterocycles. The van der Waals surface area contributed by atoms with Crippen molar-refractivity contribution >= 4 is 17.5 Å². The predicted octanol–water partition coefficient (Wildman–Crippen LogP) is 2.69. The molecule has 3 heterocycles. The number of aromatic nitrogens is 3. The third-order valence-corrected chi connectivity index (χ3v) is 6.20. The first-order valence-electron chi connectivity index (χ1n) is 9.74. The second kappa shape index (κ2) is 8.40. The first kappa shape index (κ1) is 18.4. The monoisotopic (exact) mass is 387 g/mol. The summed E-state index contributed by atoms with van der Waals surface area (Å²) in [7, 11) is 0. The Morgan fingerprint density at radius 2 is 1.81 bits per heavy atom. The van der Waals surface area contributed by atoms with Crippen LogP contribution in [0.25, 0.3) is 0 Å². The molecular weight excluding hydrogens is 362 g/mol. The van der Waals surface area contributed by atoms with Crippen LogP contribution in [0.5, 0.6) is 0 Å². The van der Waals surface area contributed by atoms with Crippen molar-refractivity contribution in [3.8, 4) is 0 Å². The van der Waals surface area contributed by atoms with Crippen LogP contribution in [-0.4, -0.2) is 56.7 Å². The summed E-state index contributed by atoms with van der Waals surface area (Å²) >= 11 is 5.98. The second-order valence-electron chi connectivity index (χ2n) is 7.72. The van der Waals surface area contributed by atoms with Crippen molar-refractivity contribution in [2.75, 3.05) is 26.2 Å². The number of likely N-dealkylation sites (tertiary alicyclic amines) is 2. The molecule has 27 heavy (non-hydrogen) atoms. The van der Waals surface area contributed by atoms with E-state index in [0.717, 1.165) is 49.3 Å². The molecule has 2 aromatic rings. The van der Waals surface area contributed by atoms with Crippen molar-refractivity contribution in [2.24, 2.45) is 11.8 Å². The minimum atomic E-state index is 0.148. The van der Waals surface area contributed by atoms with Gasteiger partial charge in [-0.3, -0.25) is 9.69 Å². The van der Waals surface area contributed by atoms with E-state index in [0.29, 0.717) is 6.54 Å². The van der Waals surface area contributed by atoms with Crippen LogP contribution in [0.2, 0.25) is 5.02 Å². The minimum absolute atomic E-state index is 0.148. The molecule has 1 amide bonds. The molecule has 1 aromatic heterocycles. The number of carbonyl (C=O) groups is 1. The van der Waals surface area contributed by atoms with Crippen LogP contribution in [0, 0.1) is 11.8 Å². The molecule has 1 atom stereocenters. The van der Waals surface area contributed by atoms with Gasteiger partial charge in [-0.1, -0.05) is 23.7 Å². The number of amides is 1. The molecule has 2 aliphatic heterocycles. The summed E-state index contributed by atoms with van der Waals surface area (Å²) in [6.07, 6.45) is 6.56. The molecule has 144 valence electrons. The van der Waals surface area contributed by atoms with E-state index in [1.807, 2.05) is 17.0 Å². The molecule has 0 saturated carbocycles. The van der Waals surface area contributed by atoms with E-state index in [9.17, 15) is 4.79 Å². The lowest BCUT2D eigenvalue weighted by Crippen LogP contribution is -2.42. The van der Waals surface area contributed by atoms with Gasteiger partial charge < -0.3 is 4.90 Å². The van der Waals surface area contributed by atoms with Gasteiger partial charge in [0, 0.05) is 31.2 Å². The molecule has 2 aliphatic rings. The van der Waals surface area contributed by atoms with E-state index in [2.05, 4.69) is 27.1 Å². The standard InChI is InChI=1S/C20H26ClN5O/c21-19-3-1-16(2-4-19)11-24-8-5-18(12-24)17-6-9-25(10-7-17)20(27)13-26-15-22-14-23-26/h1-4,14-15,17-18H,5-13H2. The predicted molar refractivity (Wildman–Crippen MR) is 104 cm³/mol. The van der Waals surface area contributed by atoms with Crippen molar-refractivity contribution in [3.05, 3.63) is 47.5 Å². The largest absolute Gasteiger partial charge is 0.341 e. The topological polar surface area (TPSA) is 54.3 Å². The summed E-state index contributed by atoms with van der Waals surface area (Å²) in [6, 6.07) is 8.18. The maximum atomic E-state index is 12.4. The van der Waals surface area contributed by atoms with Gasteiger partial charge in [0.25, 0.3) is 0 Å². The van der Waals surface area contributed by atoms with Gasteiger partial charge in [-0.15, -0.1) is 0 Å². The number of rotatable bonds is 5. The summed E-state index contributed by atoms with van der Waals surface area (Å²) in [5.74, 6) is 1.63. The van der Waals surface area contributed by atoms with E-state index in [1.165, 1.54) is 31.4 Å². The van der Waals surface area contributed by atoms with Crippen LogP contribution in [0.15, 0.2) is 36.9 Å². The highest BCUT2D eigenvalue weighted by Gasteiger charge is 2.32. The summed E-state index contributed by atoms with van der Waals surface area (Å²) in [5, 5.41) is 4.82. The number of carbonyl (C=O) groups excluding carboxylic acids is 1. The number of piperidine rings is 1. The Bertz CT molecular complexity index is 740. The number of hydrogen-bond donors (Lipinski definition) is 0. The van der Waals surface area contributed by atoms with Gasteiger partial charge in [0.05, 0.1) is 0 Å².